The van der Waals surface area contributed by atoms with Crippen LogP contribution in [0.2, 0.25) is 0 Å². The fraction of sp³-hybridized carbons (Fsp3) is 0.400. The van der Waals surface area contributed by atoms with Crippen molar-refractivity contribution in [1.29, 1.82) is 0 Å². The van der Waals surface area contributed by atoms with Crippen LogP contribution < -0.4 is 0 Å². The molecule has 142 valence electrons. The van der Waals surface area contributed by atoms with Crippen LogP contribution >= 0.6 is 0 Å². The van der Waals surface area contributed by atoms with Gasteiger partial charge in [-0.3, -0.25) is 4.57 Å². The summed E-state index contributed by atoms with van der Waals surface area (Å²) >= 11 is 0. The maximum Gasteiger partial charge on any atom is 0.144 e. The molecule has 0 N–H and O–H groups in total. The Kier molecular flexibility index (Phi) is 5.55. The largest absolute Gasteiger partial charge is 0.299 e. The summed E-state index contributed by atoms with van der Waals surface area (Å²) in [6.07, 6.45) is 4.04. The summed E-state index contributed by atoms with van der Waals surface area (Å²) in [5, 5.41) is 0. The Morgan fingerprint density at radius 2 is 1.41 bits per heavy atom. The van der Waals surface area contributed by atoms with Crippen LogP contribution in [0, 0.1) is 6.92 Å². The topological polar surface area (TPSA) is 17.8 Å². The van der Waals surface area contributed by atoms with Crippen molar-refractivity contribution in [2.75, 3.05) is 0 Å². The summed E-state index contributed by atoms with van der Waals surface area (Å²) in [7, 11) is 0. The Morgan fingerprint density at radius 3 is 1.93 bits per heavy atom. The Hall–Kier alpha value is -2.35. The van der Waals surface area contributed by atoms with E-state index in [-0.39, 0.29) is 0 Å². The average molecular weight is 361 g/mol. The molecule has 2 heteroatoms. The van der Waals surface area contributed by atoms with Gasteiger partial charge in [0.25, 0.3) is 0 Å². The molecule has 1 aromatic heterocycles. The highest BCUT2D eigenvalue weighted by atomic mass is 15.1. The molecule has 0 bridgehead atoms. The minimum Gasteiger partial charge on any atom is -0.299 e. The van der Waals surface area contributed by atoms with Gasteiger partial charge >= 0.3 is 0 Å². The maximum atomic E-state index is 4.75. The van der Waals surface area contributed by atoms with E-state index in [2.05, 4.69) is 95.6 Å². The minimum absolute atomic E-state index is 0.448. The fourth-order valence-electron chi connectivity index (χ4n) is 3.70. The zero-order chi connectivity index (χ0) is 19.7. The molecule has 0 radical (unpaired) electrons. The lowest BCUT2D eigenvalue weighted by atomic mass is 9.87. The number of aromatic nitrogens is 2. The molecule has 0 atom stereocenters. The van der Waals surface area contributed by atoms with Crippen molar-refractivity contribution in [2.45, 2.75) is 66.2 Å². The Morgan fingerprint density at radius 1 is 0.815 bits per heavy atom. The van der Waals surface area contributed by atoms with Crippen LogP contribution in [0.1, 0.15) is 81.5 Å². The van der Waals surface area contributed by atoms with Crippen molar-refractivity contribution in [2.24, 2.45) is 0 Å². The summed E-state index contributed by atoms with van der Waals surface area (Å²) < 4.78 is 2.30. The molecule has 0 amide bonds. The maximum absolute atomic E-state index is 4.75. The van der Waals surface area contributed by atoms with Crippen molar-refractivity contribution < 1.29 is 0 Å². The third kappa shape index (κ3) is 3.71. The van der Waals surface area contributed by atoms with E-state index in [1.807, 2.05) is 6.20 Å². The second kappa shape index (κ2) is 7.72. The molecule has 2 nitrogen and oxygen atoms in total. The molecule has 27 heavy (non-hydrogen) atoms. The van der Waals surface area contributed by atoms with E-state index in [9.17, 15) is 0 Å². The zero-order valence-corrected chi connectivity index (χ0v) is 17.7. The van der Waals surface area contributed by atoms with Gasteiger partial charge in [-0.25, -0.2) is 4.98 Å². The number of hydrogen-bond acceptors (Lipinski definition) is 1. The summed E-state index contributed by atoms with van der Waals surface area (Å²) in [5.41, 5.74) is 7.97. The van der Waals surface area contributed by atoms with Gasteiger partial charge in [0.2, 0.25) is 0 Å². The summed E-state index contributed by atoms with van der Waals surface area (Å²) in [4.78, 5) is 4.75. The molecular weight excluding hydrogens is 328 g/mol. The van der Waals surface area contributed by atoms with Crippen molar-refractivity contribution >= 4 is 0 Å². The van der Waals surface area contributed by atoms with Gasteiger partial charge in [-0.15, -0.1) is 0 Å². The number of aryl methyl sites for hydroxylation is 1. The molecule has 0 saturated carbocycles. The van der Waals surface area contributed by atoms with Crippen LogP contribution in [-0.4, -0.2) is 9.55 Å². The lowest BCUT2D eigenvalue weighted by Gasteiger charge is -2.24. The molecule has 0 saturated heterocycles. The summed E-state index contributed by atoms with van der Waals surface area (Å²) in [5.74, 6) is 2.44. The first-order chi connectivity index (χ1) is 12.8. The van der Waals surface area contributed by atoms with E-state index in [4.69, 9.17) is 4.98 Å². The predicted molar refractivity (Wildman–Crippen MR) is 116 cm³/mol. The Labute approximate surface area is 164 Å². The molecule has 0 fully saturated rings. The number of hydrogen-bond donors (Lipinski definition) is 0. The van der Waals surface area contributed by atoms with Gasteiger partial charge in [0, 0.05) is 18.0 Å². The van der Waals surface area contributed by atoms with Gasteiger partial charge in [-0.05, 0) is 46.9 Å². The quantitative estimate of drug-likeness (QED) is 0.469. The molecule has 1 heterocycles. The smallest absolute Gasteiger partial charge is 0.144 e. The highest BCUT2D eigenvalue weighted by Gasteiger charge is 2.21. The van der Waals surface area contributed by atoms with E-state index in [0.717, 1.165) is 5.82 Å². The van der Waals surface area contributed by atoms with E-state index < -0.39 is 0 Å². The standard InChI is InChI=1S/C25H32N2/c1-16(2)20-14-22(17(3)4)24(23(15-20)18(5)6)27-13-12-26-25(27)21-11-9-8-10-19(21)7/h8-18H,1-7H3. The fourth-order valence-corrected chi connectivity index (χ4v) is 3.70. The molecule has 0 aliphatic heterocycles. The molecule has 3 rings (SSSR count). The van der Waals surface area contributed by atoms with Gasteiger partial charge in [-0.2, -0.15) is 0 Å². The van der Waals surface area contributed by atoms with Crippen LogP contribution in [0.3, 0.4) is 0 Å². The van der Waals surface area contributed by atoms with Crippen LogP contribution in [0.5, 0.6) is 0 Å². The van der Waals surface area contributed by atoms with E-state index in [1.54, 1.807) is 0 Å². The number of benzene rings is 2. The van der Waals surface area contributed by atoms with Crippen molar-refractivity contribution in [3.63, 3.8) is 0 Å². The third-order valence-corrected chi connectivity index (χ3v) is 5.37. The predicted octanol–water partition coefficient (Wildman–Crippen LogP) is 7.22. The first-order valence-corrected chi connectivity index (χ1v) is 10.1. The van der Waals surface area contributed by atoms with Crippen LogP contribution in [0.25, 0.3) is 17.1 Å². The second-order valence-electron chi connectivity index (χ2n) is 8.45. The zero-order valence-electron chi connectivity index (χ0n) is 17.7. The van der Waals surface area contributed by atoms with Crippen molar-refractivity contribution in [3.8, 4) is 17.1 Å². The highest BCUT2D eigenvalue weighted by molar-refractivity contribution is 5.65. The molecule has 0 unspecified atom stereocenters. The van der Waals surface area contributed by atoms with E-state index >= 15 is 0 Å². The van der Waals surface area contributed by atoms with E-state index in [0.29, 0.717) is 17.8 Å². The molecule has 0 aliphatic carbocycles. The second-order valence-corrected chi connectivity index (χ2v) is 8.45. The van der Waals surface area contributed by atoms with Crippen molar-refractivity contribution in [3.05, 3.63) is 71.0 Å². The van der Waals surface area contributed by atoms with Crippen LogP contribution in [0.15, 0.2) is 48.8 Å². The summed E-state index contributed by atoms with van der Waals surface area (Å²) in [6.45, 7) is 15.9. The van der Waals surface area contributed by atoms with Crippen LogP contribution in [-0.2, 0) is 0 Å². The minimum atomic E-state index is 0.448. The van der Waals surface area contributed by atoms with Gasteiger partial charge in [0.15, 0.2) is 0 Å². The Balaban J connectivity index is 2.33. The molecule has 0 spiro atoms. The van der Waals surface area contributed by atoms with Gasteiger partial charge < -0.3 is 0 Å². The van der Waals surface area contributed by atoms with E-state index in [1.165, 1.54) is 33.5 Å². The van der Waals surface area contributed by atoms with Crippen LogP contribution in [0.4, 0.5) is 0 Å². The molecule has 2 aromatic carbocycles. The summed E-state index contributed by atoms with van der Waals surface area (Å²) in [6, 6.07) is 13.3. The first kappa shape index (κ1) is 19.4. The third-order valence-electron chi connectivity index (χ3n) is 5.37. The lowest BCUT2D eigenvalue weighted by Crippen LogP contribution is -2.10. The van der Waals surface area contributed by atoms with Gasteiger partial charge in [-0.1, -0.05) is 77.9 Å². The number of imidazole rings is 1. The number of nitrogens with zero attached hydrogens (tertiary/aromatic N) is 2. The normalized spacial score (nSPS) is 11.8. The SMILES string of the molecule is Cc1ccccc1-c1nccn1-c1c(C(C)C)cc(C(C)C)cc1C(C)C. The molecule has 3 aromatic rings. The lowest BCUT2D eigenvalue weighted by molar-refractivity contribution is 0.784. The van der Waals surface area contributed by atoms with Gasteiger partial charge in [0.05, 0.1) is 5.69 Å². The molecule has 0 aliphatic rings. The monoisotopic (exact) mass is 360 g/mol. The Bertz CT molecular complexity index is 900. The average Bonchev–Trinajstić information content (AvgIpc) is 3.09. The highest BCUT2D eigenvalue weighted by Crippen LogP contribution is 2.37. The van der Waals surface area contributed by atoms with Gasteiger partial charge in [0.1, 0.15) is 5.82 Å². The van der Waals surface area contributed by atoms with Crippen molar-refractivity contribution in [1.82, 2.24) is 9.55 Å². The number of rotatable bonds is 5. The molecular formula is C25H32N2. The first-order valence-electron chi connectivity index (χ1n) is 10.1.